The van der Waals surface area contributed by atoms with Crippen molar-refractivity contribution in [2.75, 3.05) is 18.9 Å². The number of amides is 1. The second kappa shape index (κ2) is 9.19. The molecule has 2 aromatic heterocycles. The third kappa shape index (κ3) is 4.70. The summed E-state index contributed by atoms with van der Waals surface area (Å²) in [6.45, 7) is 5.41. The van der Waals surface area contributed by atoms with E-state index in [1.807, 2.05) is 24.0 Å². The lowest BCUT2D eigenvalue weighted by molar-refractivity contribution is 0.0727. The first-order valence-electron chi connectivity index (χ1n) is 10.2. The maximum atomic E-state index is 12.9. The molecule has 3 heterocycles. The van der Waals surface area contributed by atoms with E-state index in [2.05, 4.69) is 21.9 Å². The van der Waals surface area contributed by atoms with Crippen molar-refractivity contribution < 1.29 is 9.90 Å². The molecule has 7 nitrogen and oxygen atoms in total. The van der Waals surface area contributed by atoms with E-state index >= 15 is 0 Å². The molecule has 1 aliphatic rings. The molecular weight excluding hydrogens is 354 g/mol. The topological polar surface area (TPSA) is 108 Å². The number of carbonyl (C=O) groups excluding carboxylic acids is 1. The minimum Gasteiger partial charge on any atom is -0.396 e. The molecule has 1 unspecified atom stereocenters. The number of hydrogen-bond acceptors (Lipinski definition) is 5. The van der Waals surface area contributed by atoms with Crippen LogP contribution in [0.25, 0.3) is 0 Å². The summed E-state index contributed by atoms with van der Waals surface area (Å²) in [6.07, 6.45) is 5.51. The van der Waals surface area contributed by atoms with E-state index in [-0.39, 0.29) is 12.5 Å². The highest BCUT2D eigenvalue weighted by atomic mass is 16.3. The maximum absolute atomic E-state index is 12.9. The van der Waals surface area contributed by atoms with Crippen LogP contribution in [0.2, 0.25) is 0 Å². The van der Waals surface area contributed by atoms with Gasteiger partial charge in [0.25, 0.3) is 5.91 Å². The SMILES string of the molecule is CCCCC(CCO)Cc1nc(N)nc2c1CN(C(=O)c1ccc(C)[nH]1)CC2. The largest absolute Gasteiger partial charge is 0.396 e. The molecule has 0 fully saturated rings. The fourth-order valence-corrected chi connectivity index (χ4v) is 3.94. The normalized spacial score (nSPS) is 14.8. The van der Waals surface area contributed by atoms with Gasteiger partial charge in [-0.15, -0.1) is 0 Å². The number of anilines is 1. The second-order valence-electron chi connectivity index (χ2n) is 7.71. The lowest BCUT2D eigenvalue weighted by Gasteiger charge is -2.30. The van der Waals surface area contributed by atoms with E-state index in [1.54, 1.807) is 0 Å². The number of aryl methyl sites for hydroxylation is 1. The van der Waals surface area contributed by atoms with Crippen molar-refractivity contribution in [3.8, 4) is 0 Å². The molecule has 152 valence electrons. The number of aliphatic hydroxyl groups excluding tert-OH is 1. The van der Waals surface area contributed by atoms with E-state index in [9.17, 15) is 9.90 Å². The Kier molecular flexibility index (Phi) is 6.67. The van der Waals surface area contributed by atoms with Gasteiger partial charge in [-0.3, -0.25) is 4.79 Å². The third-order valence-corrected chi connectivity index (χ3v) is 5.50. The highest BCUT2D eigenvalue weighted by Gasteiger charge is 2.27. The van der Waals surface area contributed by atoms with Crippen LogP contribution in [0, 0.1) is 12.8 Å². The first-order valence-corrected chi connectivity index (χ1v) is 10.2. The molecule has 4 N–H and O–H groups in total. The van der Waals surface area contributed by atoms with Crippen molar-refractivity contribution in [2.45, 2.75) is 58.9 Å². The molecule has 0 aliphatic carbocycles. The summed E-state index contributed by atoms with van der Waals surface area (Å²) in [5.74, 6) is 0.659. The van der Waals surface area contributed by atoms with Crippen molar-refractivity contribution in [1.82, 2.24) is 19.9 Å². The number of H-pyrrole nitrogens is 1. The van der Waals surface area contributed by atoms with Crippen molar-refractivity contribution in [2.24, 2.45) is 5.92 Å². The fourth-order valence-electron chi connectivity index (χ4n) is 3.94. The Hall–Kier alpha value is -2.41. The van der Waals surface area contributed by atoms with Crippen LogP contribution in [-0.4, -0.2) is 44.0 Å². The lowest BCUT2D eigenvalue weighted by atomic mass is 9.90. The van der Waals surface area contributed by atoms with Crippen LogP contribution in [0.1, 0.15) is 65.7 Å². The minimum atomic E-state index is -0.000541. The smallest absolute Gasteiger partial charge is 0.270 e. The molecule has 0 bridgehead atoms. The molecule has 28 heavy (non-hydrogen) atoms. The first kappa shape index (κ1) is 20.3. The Morgan fingerprint density at radius 2 is 2.18 bits per heavy atom. The van der Waals surface area contributed by atoms with Crippen LogP contribution in [0.5, 0.6) is 0 Å². The Balaban J connectivity index is 1.82. The number of nitrogen functional groups attached to an aromatic ring is 1. The average molecular weight is 386 g/mol. The van der Waals surface area contributed by atoms with E-state index in [1.165, 1.54) is 0 Å². The number of nitrogens with two attached hydrogens (primary N) is 1. The number of aliphatic hydroxyl groups is 1. The van der Waals surface area contributed by atoms with E-state index < -0.39 is 0 Å². The zero-order valence-corrected chi connectivity index (χ0v) is 16.9. The third-order valence-electron chi connectivity index (χ3n) is 5.50. The minimum absolute atomic E-state index is 0.000541. The van der Waals surface area contributed by atoms with Crippen LogP contribution in [0.15, 0.2) is 12.1 Å². The zero-order chi connectivity index (χ0) is 20.1. The van der Waals surface area contributed by atoms with Crippen LogP contribution in [-0.2, 0) is 19.4 Å². The van der Waals surface area contributed by atoms with Gasteiger partial charge in [0, 0.05) is 37.4 Å². The maximum Gasteiger partial charge on any atom is 0.270 e. The Morgan fingerprint density at radius 3 is 2.86 bits per heavy atom. The summed E-state index contributed by atoms with van der Waals surface area (Å²) >= 11 is 0. The highest BCUT2D eigenvalue weighted by Crippen LogP contribution is 2.26. The van der Waals surface area contributed by atoms with Crippen LogP contribution in [0.4, 0.5) is 5.95 Å². The molecule has 0 radical (unpaired) electrons. The van der Waals surface area contributed by atoms with Gasteiger partial charge in [0.2, 0.25) is 5.95 Å². The van der Waals surface area contributed by atoms with Gasteiger partial charge < -0.3 is 20.7 Å². The van der Waals surface area contributed by atoms with Gasteiger partial charge in [-0.05, 0) is 44.2 Å². The molecule has 7 heteroatoms. The van der Waals surface area contributed by atoms with Crippen LogP contribution >= 0.6 is 0 Å². The van der Waals surface area contributed by atoms with E-state index in [0.717, 1.165) is 54.7 Å². The fraction of sp³-hybridized carbons (Fsp3) is 0.571. The number of aromatic nitrogens is 3. The Labute approximate surface area is 166 Å². The van der Waals surface area contributed by atoms with Gasteiger partial charge in [0.05, 0.1) is 11.4 Å². The van der Waals surface area contributed by atoms with E-state index in [4.69, 9.17) is 5.73 Å². The number of rotatable bonds is 8. The van der Waals surface area contributed by atoms with Gasteiger partial charge in [-0.1, -0.05) is 19.8 Å². The predicted molar refractivity (Wildman–Crippen MR) is 109 cm³/mol. The monoisotopic (exact) mass is 385 g/mol. The first-order chi connectivity index (χ1) is 13.5. The zero-order valence-electron chi connectivity index (χ0n) is 16.9. The highest BCUT2D eigenvalue weighted by molar-refractivity contribution is 5.92. The second-order valence-corrected chi connectivity index (χ2v) is 7.71. The predicted octanol–water partition coefficient (Wildman–Crippen LogP) is 2.63. The van der Waals surface area contributed by atoms with Crippen LogP contribution < -0.4 is 5.73 Å². The summed E-state index contributed by atoms with van der Waals surface area (Å²) in [6, 6.07) is 3.74. The summed E-state index contributed by atoms with van der Waals surface area (Å²) in [7, 11) is 0. The number of carbonyl (C=O) groups is 1. The summed E-state index contributed by atoms with van der Waals surface area (Å²) < 4.78 is 0. The van der Waals surface area contributed by atoms with Gasteiger partial charge in [-0.2, -0.15) is 0 Å². The number of nitrogens with zero attached hydrogens (tertiary/aromatic N) is 3. The van der Waals surface area contributed by atoms with Gasteiger partial charge >= 0.3 is 0 Å². The quantitative estimate of drug-likeness (QED) is 0.647. The molecule has 0 saturated carbocycles. The number of aromatic amines is 1. The van der Waals surface area contributed by atoms with Crippen molar-refractivity contribution >= 4 is 11.9 Å². The Morgan fingerprint density at radius 1 is 1.36 bits per heavy atom. The van der Waals surface area contributed by atoms with Crippen molar-refractivity contribution in [3.63, 3.8) is 0 Å². The summed E-state index contributed by atoms with van der Waals surface area (Å²) in [5.41, 5.74) is 10.5. The van der Waals surface area contributed by atoms with Crippen molar-refractivity contribution in [3.05, 3.63) is 40.5 Å². The van der Waals surface area contributed by atoms with Crippen LogP contribution in [0.3, 0.4) is 0 Å². The van der Waals surface area contributed by atoms with Crippen molar-refractivity contribution in [1.29, 1.82) is 0 Å². The summed E-state index contributed by atoms with van der Waals surface area (Å²) in [4.78, 5) is 26.8. The molecular formula is C21H31N5O2. The number of unbranched alkanes of at least 4 members (excludes halogenated alkanes) is 1. The molecule has 0 saturated heterocycles. The summed E-state index contributed by atoms with van der Waals surface area (Å²) in [5, 5.41) is 9.44. The molecule has 0 aromatic carbocycles. The molecule has 1 atom stereocenters. The Bertz CT molecular complexity index is 817. The molecule has 1 amide bonds. The molecule has 3 rings (SSSR count). The standard InChI is InChI=1S/C21H31N5O2/c1-3-4-5-15(9-11-27)12-19-16-13-26(10-8-17(16)24-21(22)25-19)20(28)18-7-6-14(2)23-18/h6-7,15,23,27H,3-5,8-13H2,1-2H3,(H2,22,24,25). The van der Waals surface area contributed by atoms with Gasteiger partial charge in [0.1, 0.15) is 5.69 Å². The lowest BCUT2D eigenvalue weighted by Crippen LogP contribution is -2.37. The van der Waals surface area contributed by atoms with Gasteiger partial charge in [-0.25, -0.2) is 9.97 Å². The van der Waals surface area contributed by atoms with E-state index in [0.29, 0.717) is 37.1 Å². The molecule has 0 spiro atoms. The van der Waals surface area contributed by atoms with Gasteiger partial charge in [0.15, 0.2) is 0 Å². The molecule has 1 aliphatic heterocycles. The number of hydrogen-bond donors (Lipinski definition) is 3. The average Bonchev–Trinajstić information content (AvgIpc) is 3.11. The number of nitrogens with one attached hydrogen (secondary N) is 1. The number of fused-ring (bicyclic) bond motifs is 1. The molecule has 2 aromatic rings.